The van der Waals surface area contributed by atoms with Crippen LogP contribution < -0.4 is 0 Å². The van der Waals surface area contributed by atoms with Crippen molar-refractivity contribution in [1.82, 2.24) is 9.78 Å². The van der Waals surface area contributed by atoms with Crippen molar-refractivity contribution in [2.75, 3.05) is 0 Å². The second-order valence-electron chi connectivity index (χ2n) is 3.54. The molecule has 1 heterocycles. The van der Waals surface area contributed by atoms with Crippen molar-refractivity contribution < 1.29 is 8.42 Å². The van der Waals surface area contributed by atoms with Crippen molar-refractivity contribution in [3.05, 3.63) is 23.9 Å². The third kappa shape index (κ3) is 1.81. The van der Waals surface area contributed by atoms with Crippen LogP contribution in [0.5, 0.6) is 0 Å². The SMILES string of the molecule is CCc1nn(C)c2ccc(S(=O)(=O)Cl)cc12. The maximum absolute atomic E-state index is 11.2. The van der Waals surface area contributed by atoms with Crippen molar-refractivity contribution in [2.24, 2.45) is 7.05 Å². The molecule has 1 aromatic heterocycles. The van der Waals surface area contributed by atoms with Crippen molar-refractivity contribution in [3.8, 4) is 0 Å². The Morgan fingerprint density at radius 3 is 2.69 bits per heavy atom. The third-order valence-electron chi connectivity index (χ3n) is 2.51. The quantitative estimate of drug-likeness (QED) is 0.775. The molecular formula is C10H11ClN2O2S. The van der Waals surface area contributed by atoms with Crippen LogP contribution in [0.4, 0.5) is 0 Å². The van der Waals surface area contributed by atoms with Crippen LogP contribution in [-0.2, 0) is 22.5 Å². The largest absolute Gasteiger partial charge is 0.268 e. The van der Waals surface area contributed by atoms with Crippen molar-refractivity contribution >= 4 is 30.6 Å². The first-order valence-corrected chi connectivity index (χ1v) is 7.14. The Labute approximate surface area is 98.2 Å². The van der Waals surface area contributed by atoms with Gasteiger partial charge in [0.25, 0.3) is 9.05 Å². The summed E-state index contributed by atoms with van der Waals surface area (Å²) < 4.78 is 24.2. The molecule has 6 heteroatoms. The molecule has 0 aliphatic heterocycles. The Morgan fingerprint density at radius 1 is 1.44 bits per heavy atom. The fourth-order valence-electron chi connectivity index (χ4n) is 1.73. The molecule has 2 aromatic rings. The van der Waals surface area contributed by atoms with Crippen LogP contribution in [0.15, 0.2) is 23.1 Å². The molecule has 4 nitrogen and oxygen atoms in total. The highest BCUT2D eigenvalue weighted by Gasteiger charge is 2.14. The maximum atomic E-state index is 11.2. The van der Waals surface area contributed by atoms with Crippen molar-refractivity contribution in [3.63, 3.8) is 0 Å². The fraction of sp³-hybridized carbons (Fsp3) is 0.300. The summed E-state index contributed by atoms with van der Waals surface area (Å²) in [5, 5.41) is 5.15. The van der Waals surface area contributed by atoms with Gasteiger partial charge in [-0.2, -0.15) is 5.10 Å². The minimum Gasteiger partial charge on any atom is -0.268 e. The molecule has 0 radical (unpaired) electrons. The number of rotatable bonds is 2. The van der Waals surface area contributed by atoms with Gasteiger partial charge in [-0.1, -0.05) is 6.92 Å². The van der Waals surface area contributed by atoms with E-state index in [4.69, 9.17) is 10.7 Å². The molecule has 2 rings (SSSR count). The number of hydrogen-bond acceptors (Lipinski definition) is 3. The summed E-state index contributed by atoms with van der Waals surface area (Å²) in [5.74, 6) is 0. The standard InChI is InChI=1S/C10H11ClN2O2S/c1-3-9-8-6-7(16(11,14)15)4-5-10(8)13(2)12-9/h4-6H,3H2,1-2H3. The number of halogens is 1. The molecule has 0 saturated carbocycles. The lowest BCUT2D eigenvalue weighted by atomic mass is 10.2. The number of nitrogens with zero attached hydrogens (tertiary/aromatic N) is 2. The van der Waals surface area contributed by atoms with Gasteiger partial charge in [0.15, 0.2) is 0 Å². The molecule has 86 valence electrons. The minimum absolute atomic E-state index is 0.115. The van der Waals surface area contributed by atoms with E-state index in [-0.39, 0.29) is 4.90 Å². The van der Waals surface area contributed by atoms with Gasteiger partial charge in [-0.15, -0.1) is 0 Å². The Balaban J connectivity index is 2.79. The van der Waals surface area contributed by atoms with E-state index in [1.54, 1.807) is 16.8 Å². The van der Waals surface area contributed by atoms with E-state index in [1.807, 2.05) is 14.0 Å². The minimum atomic E-state index is -3.67. The van der Waals surface area contributed by atoms with Gasteiger partial charge in [-0.05, 0) is 24.6 Å². The average molecular weight is 259 g/mol. The molecule has 0 atom stereocenters. The zero-order valence-corrected chi connectivity index (χ0v) is 10.5. The smallest absolute Gasteiger partial charge is 0.261 e. The Hall–Kier alpha value is -1.07. The van der Waals surface area contributed by atoms with Gasteiger partial charge in [0.1, 0.15) is 0 Å². The fourth-order valence-corrected chi connectivity index (χ4v) is 2.51. The lowest BCUT2D eigenvalue weighted by molar-refractivity contribution is 0.609. The van der Waals surface area contributed by atoms with E-state index in [9.17, 15) is 8.42 Å². The second kappa shape index (κ2) is 3.75. The first-order valence-electron chi connectivity index (χ1n) is 4.83. The number of benzene rings is 1. The van der Waals surface area contributed by atoms with Crippen LogP contribution in [0.3, 0.4) is 0 Å². The maximum Gasteiger partial charge on any atom is 0.261 e. The number of aromatic nitrogens is 2. The van der Waals surface area contributed by atoms with Crippen LogP contribution in [0, 0.1) is 0 Å². The van der Waals surface area contributed by atoms with Crippen LogP contribution in [0.2, 0.25) is 0 Å². The molecule has 0 N–H and O–H groups in total. The molecular weight excluding hydrogens is 248 g/mol. The van der Waals surface area contributed by atoms with E-state index < -0.39 is 9.05 Å². The summed E-state index contributed by atoms with van der Waals surface area (Å²) >= 11 is 0. The van der Waals surface area contributed by atoms with E-state index in [0.717, 1.165) is 23.0 Å². The number of aryl methyl sites for hydroxylation is 2. The van der Waals surface area contributed by atoms with Gasteiger partial charge >= 0.3 is 0 Å². The van der Waals surface area contributed by atoms with Gasteiger partial charge < -0.3 is 0 Å². The Morgan fingerprint density at radius 2 is 2.12 bits per heavy atom. The summed E-state index contributed by atoms with van der Waals surface area (Å²) in [6.45, 7) is 1.98. The van der Waals surface area contributed by atoms with Gasteiger partial charge in [-0.3, -0.25) is 4.68 Å². The number of fused-ring (bicyclic) bond motifs is 1. The molecule has 0 unspecified atom stereocenters. The van der Waals surface area contributed by atoms with Crippen molar-refractivity contribution in [2.45, 2.75) is 18.2 Å². The Bertz CT molecular complexity index is 646. The van der Waals surface area contributed by atoms with Crippen LogP contribution in [0.1, 0.15) is 12.6 Å². The molecule has 0 fully saturated rings. The lowest BCUT2D eigenvalue weighted by Gasteiger charge is -1.97. The highest BCUT2D eigenvalue weighted by molar-refractivity contribution is 8.13. The van der Waals surface area contributed by atoms with Crippen molar-refractivity contribution in [1.29, 1.82) is 0 Å². The Kier molecular flexibility index (Phi) is 2.67. The van der Waals surface area contributed by atoms with E-state index >= 15 is 0 Å². The van der Waals surface area contributed by atoms with Gasteiger partial charge in [0.05, 0.1) is 16.1 Å². The molecule has 0 spiro atoms. The summed E-state index contributed by atoms with van der Waals surface area (Å²) in [7, 11) is 3.46. The normalized spacial score (nSPS) is 12.2. The second-order valence-corrected chi connectivity index (χ2v) is 6.11. The van der Waals surface area contributed by atoms with Gasteiger partial charge in [0.2, 0.25) is 0 Å². The summed E-state index contributed by atoms with van der Waals surface area (Å²) in [5.41, 5.74) is 1.78. The molecule has 16 heavy (non-hydrogen) atoms. The summed E-state index contributed by atoms with van der Waals surface area (Å²) in [6.07, 6.45) is 0.753. The molecule has 0 amide bonds. The van der Waals surface area contributed by atoms with E-state index in [2.05, 4.69) is 5.10 Å². The highest BCUT2D eigenvalue weighted by Crippen LogP contribution is 2.24. The molecule has 0 saturated heterocycles. The first kappa shape index (κ1) is 11.4. The van der Waals surface area contributed by atoms with Crippen LogP contribution >= 0.6 is 10.7 Å². The molecule has 1 aromatic carbocycles. The molecule has 0 aliphatic carbocycles. The summed E-state index contributed by atoms with van der Waals surface area (Å²) in [6, 6.07) is 4.78. The molecule has 0 aliphatic rings. The topological polar surface area (TPSA) is 52.0 Å². The lowest BCUT2D eigenvalue weighted by Crippen LogP contribution is -1.91. The number of hydrogen-bond donors (Lipinski definition) is 0. The predicted molar refractivity (Wildman–Crippen MR) is 63.1 cm³/mol. The van der Waals surface area contributed by atoms with E-state index in [1.165, 1.54) is 6.07 Å². The predicted octanol–water partition coefficient (Wildman–Crippen LogP) is 2.06. The average Bonchev–Trinajstić information content (AvgIpc) is 2.54. The van der Waals surface area contributed by atoms with Crippen LogP contribution in [-0.4, -0.2) is 18.2 Å². The zero-order chi connectivity index (χ0) is 11.9. The third-order valence-corrected chi connectivity index (χ3v) is 3.87. The van der Waals surface area contributed by atoms with Gasteiger partial charge in [-0.25, -0.2) is 8.42 Å². The van der Waals surface area contributed by atoms with Gasteiger partial charge in [0, 0.05) is 23.1 Å². The van der Waals surface area contributed by atoms with Crippen LogP contribution in [0.25, 0.3) is 10.9 Å². The zero-order valence-electron chi connectivity index (χ0n) is 8.94. The highest BCUT2D eigenvalue weighted by atomic mass is 35.7. The summed E-state index contributed by atoms with van der Waals surface area (Å²) in [4.78, 5) is 0.115. The van der Waals surface area contributed by atoms with E-state index in [0.29, 0.717) is 0 Å². The monoisotopic (exact) mass is 258 g/mol. The molecule has 0 bridgehead atoms. The first-order chi connectivity index (χ1) is 7.43.